The predicted octanol–water partition coefficient (Wildman–Crippen LogP) is 2.26. The quantitative estimate of drug-likeness (QED) is 0.460. The fraction of sp³-hybridized carbons (Fsp3) is 0.111. The topological polar surface area (TPSA) is 0 Å². The molecule has 0 heterocycles. The molecule has 50 valence electrons. The van der Waals surface area contributed by atoms with E-state index in [4.69, 9.17) is 0 Å². The zero-order valence-corrected chi connectivity index (χ0v) is 8.29. The van der Waals surface area contributed by atoms with Crippen LogP contribution in [0.2, 0.25) is 0 Å². The van der Waals surface area contributed by atoms with Gasteiger partial charge in [0.2, 0.25) is 0 Å². The van der Waals surface area contributed by atoms with Gasteiger partial charge in [-0.3, -0.25) is 0 Å². The van der Waals surface area contributed by atoms with Crippen molar-refractivity contribution in [3.05, 3.63) is 48.6 Å². The van der Waals surface area contributed by atoms with Crippen LogP contribution in [0.25, 0.3) is 0 Å². The molecule has 0 nitrogen and oxygen atoms in total. The van der Waals surface area contributed by atoms with Gasteiger partial charge in [0.05, 0.1) is 0 Å². The van der Waals surface area contributed by atoms with E-state index in [1.807, 2.05) is 24.3 Å². The van der Waals surface area contributed by atoms with Crippen LogP contribution in [0, 0.1) is 0 Å². The van der Waals surface area contributed by atoms with Crippen molar-refractivity contribution in [1.29, 1.82) is 0 Å². The molecule has 0 saturated heterocycles. The molecule has 0 saturated carbocycles. The minimum Gasteiger partial charge on any atom is -1.00 e. The maximum Gasteiger partial charge on any atom is 2.00 e. The van der Waals surface area contributed by atoms with Crippen molar-refractivity contribution in [2.45, 2.75) is 6.42 Å². The molecule has 0 aromatic heterocycles. The van der Waals surface area contributed by atoms with E-state index in [0.29, 0.717) is 0 Å². The van der Waals surface area contributed by atoms with E-state index in [1.54, 1.807) is 0 Å². The summed E-state index contributed by atoms with van der Waals surface area (Å²) in [6.07, 6.45) is 2.89. The van der Waals surface area contributed by atoms with Gasteiger partial charge < -0.3 is 2.85 Å². The Hall–Kier alpha value is 0.220. The number of hydrogen-bond donors (Lipinski definition) is 0. The summed E-state index contributed by atoms with van der Waals surface area (Å²) in [5.74, 6) is 0. The second-order valence-electron chi connectivity index (χ2n) is 1.98. The van der Waals surface area contributed by atoms with Gasteiger partial charge in [-0.25, -0.2) is 0 Å². The van der Waals surface area contributed by atoms with Gasteiger partial charge in [-0.15, -0.1) is 6.58 Å². The van der Waals surface area contributed by atoms with Crippen LogP contribution >= 0.6 is 0 Å². The summed E-state index contributed by atoms with van der Waals surface area (Å²) in [6, 6.07) is 10.3. The Kier molecular flexibility index (Phi) is 6.10. The van der Waals surface area contributed by atoms with Crippen LogP contribution in [0.1, 0.15) is 8.42 Å². The molecule has 1 rings (SSSR count). The second kappa shape index (κ2) is 5.96. The monoisotopic (exact) mass is 160 g/mol. The van der Waals surface area contributed by atoms with Crippen molar-refractivity contribution in [3.63, 3.8) is 0 Å². The van der Waals surface area contributed by atoms with Gasteiger partial charge in [0, 0.05) is 0 Å². The Bertz CT molecular complexity index is 187. The summed E-state index contributed by atoms with van der Waals surface area (Å²) >= 11 is 0. The zero-order chi connectivity index (χ0) is 6.53. The van der Waals surface area contributed by atoms with Crippen LogP contribution in [0.15, 0.2) is 43.0 Å². The molecule has 0 aliphatic rings. The van der Waals surface area contributed by atoms with Gasteiger partial charge in [-0.05, 0) is 12.0 Å². The molecule has 0 unspecified atom stereocenters. The minimum absolute atomic E-state index is 0. The van der Waals surface area contributed by atoms with Crippen molar-refractivity contribution in [3.8, 4) is 0 Å². The number of allylic oxidation sites excluding steroid dienone is 1. The molecule has 0 bridgehead atoms. The van der Waals surface area contributed by atoms with Crippen LogP contribution < -0.4 is 0 Å². The average molecular weight is 160 g/mol. The summed E-state index contributed by atoms with van der Waals surface area (Å²) in [5, 5.41) is 0. The van der Waals surface area contributed by atoms with Crippen molar-refractivity contribution in [2.24, 2.45) is 0 Å². The van der Waals surface area contributed by atoms with E-state index in [2.05, 4.69) is 18.7 Å². The molecule has 0 atom stereocenters. The first-order valence-electron chi connectivity index (χ1n) is 3.08. The summed E-state index contributed by atoms with van der Waals surface area (Å²) < 4.78 is 0. The fourth-order valence-electron chi connectivity index (χ4n) is 0.781. The van der Waals surface area contributed by atoms with Crippen LogP contribution in [0.3, 0.4) is 0 Å². The van der Waals surface area contributed by atoms with E-state index in [9.17, 15) is 0 Å². The third-order valence-electron chi connectivity index (χ3n) is 1.22. The third kappa shape index (κ3) is 3.40. The van der Waals surface area contributed by atoms with E-state index in [-0.39, 0.29) is 40.6 Å². The standard InChI is InChI=1S/C9H10.Ca.2H/c1-2-6-9-7-4-3-5-8-9;;;/h2-5,7-8H,1,6H2;;;/q;+2;2*-1. The Morgan fingerprint density at radius 1 is 1.30 bits per heavy atom. The van der Waals surface area contributed by atoms with Gasteiger partial charge >= 0.3 is 37.7 Å². The molecule has 1 aromatic rings. The molecule has 1 heteroatoms. The molecule has 1 aromatic carbocycles. The molecule has 0 N–H and O–H groups in total. The summed E-state index contributed by atoms with van der Waals surface area (Å²) in [7, 11) is 0. The van der Waals surface area contributed by atoms with Gasteiger partial charge in [0.1, 0.15) is 0 Å². The third-order valence-corrected chi connectivity index (χ3v) is 1.22. The Morgan fingerprint density at radius 3 is 2.40 bits per heavy atom. The smallest absolute Gasteiger partial charge is 1.00 e. The van der Waals surface area contributed by atoms with Gasteiger partial charge in [0.15, 0.2) is 0 Å². The van der Waals surface area contributed by atoms with Crippen molar-refractivity contribution >= 4 is 37.7 Å². The Labute approximate surface area is 94.9 Å². The Morgan fingerprint density at radius 2 is 1.90 bits per heavy atom. The van der Waals surface area contributed by atoms with Gasteiger partial charge in [-0.1, -0.05) is 36.4 Å². The Balaban J connectivity index is -0.000000270. The fourth-order valence-corrected chi connectivity index (χ4v) is 0.781. The summed E-state index contributed by atoms with van der Waals surface area (Å²) in [5.41, 5.74) is 1.33. The van der Waals surface area contributed by atoms with E-state index < -0.39 is 0 Å². The van der Waals surface area contributed by atoms with Crippen LogP contribution in [-0.4, -0.2) is 37.7 Å². The predicted molar refractivity (Wildman–Crippen MR) is 48.3 cm³/mol. The molecule has 0 aliphatic carbocycles. The van der Waals surface area contributed by atoms with E-state index in [1.165, 1.54) is 5.56 Å². The first-order chi connectivity index (χ1) is 4.43. The maximum absolute atomic E-state index is 3.66. The van der Waals surface area contributed by atoms with Gasteiger partial charge in [-0.2, -0.15) is 0 Å². The molecular weight excluding hydrogens is 148 g/mol. The largest absolute Gasteiger partial charge is 2.00 e. The first-order valence-corrected chi connectivity index (χ1v) is 3.08. The van der Waals surface area contributed by atoms with Crippen LogP contribution in [0.5, 0.6) is 0 Å². The molecule has 0 fully saturated rings. The van der Waals surface area contributed by atoms with E-state index in [0.717, 1.165) is 6.42 Å². The van der Waals surface area contributed by atoms with Crippen molar-refractivity contribution in [1.82, 2.24) is 0 Å². The summed E-state index contributed by atoms with van der Waals surface area (Å²) in [4.78, 5) is 0. The maximum atomic E-state index is 3.66. The number of hydrogen-bond acceptors (Lipinski definition) is 0. The van der Waals surface area contributed by atoms with Crippen molar-refractivity contribution < 1.29 is 2.85 Å². The minimum atomic E-state index is 0. The van der Waals surface area contributed by atoms with E-state index >= 15 is 0 Å². The molecule has 10 heavy (non-hydrogen) atoms. The second-order valence-corrected chi connectivity index (χ2v) is 1.98. The van der Waals surface area contributed by atoms with Crippen molar-refractivity contribution in [2.75, 3.05) is 0 Å². The average Bonchev–Trinajstić information content (AvgIpc) is 1.91. The summed E-state index contributed by atoms with van der Waals surface area (Å²) in [6.45, 7) is 3.66. The normalized spacial score (nSPS) is 8.00. The molecule has 0 radical (unpaired) electrons. The van der Waals surface area contributed by atoms with Gasteiger partial charge in [0.25, 0.3) is 0 Å². The number of rotatable bonds is 2. The van der Waals surface area contributed by atoms with Crippen LogP contribution in [0.4, 0.5) is 0 Å². The number of benzene rings is 1. The molecule has 0 amide bonds. The first kappa shape index (κ1) is 10.2. The molecular formula is C9H12Ca. The molecule has 0 aliphatic heterocycles. The van der Waals surface area contributed by atoms with Crippen LogP contribution in [-0.2, 0) is 6.42 Å². The molecule has 0 spiro atoms. The zero-order valence-electron chi connectivity index (χ0n) is 8.09. The SMILES string of the molecule is C=CCc1ccccc1.[Ca+2].[H-].[H-].